The standard InChI is InChI=1S/C25H24N5O2/c26-22-21-20(18-8-4-9-19(12-18)32-14-17-6-2-1-3-7-17)13-30(23(21)29-16-28-22)15-25(24(27)31)10-5-11-25/h1-4,6-9,12-13,15-16H,5,10-11,14H2,(H2,27,31)(H2,26,28,29). The van der Waals surface area contributed by atoms with Crippen molar-refractivity contribution in [3.8, 4) is 16.9 Å². The number of nitrogen functional groups attached to an aromatic ring is 1. The van der Waals surface area contributed by atoms with E-state index in [2.05, 4.69) is 9.97 Å². The maximum absolute atomic E-state index is 12.1. The lowest BCUT2D eigenvalue weighted by atomic mass is 9.68. The molecule has 0 saturated heterocycles. The zero-order valence-electron chi connectivity index (χ0n) is 17.6. The number of hydrogen-bond acceptors (Lipinski definition) is 5. The second-order valence-electron chi connectivity index (χ2n) is 8.21. The molecule has 0 spiro atoms. The van der Waals surface area contributed by atoms with Gasteiger partial charge in [0, 0.05) is 11.8 Å². The van der Waals surface area contributed by atoms with Crippen LogP contribution in [-0.4, -0.2) is 20.4 Å². The molecule has 1 aliphatic rings. The number of primary amides is 1. The van der Waals surface area contributed by atoms with Crippen molar-refractivity contribution in [2.45, 2.75) is 25.9 Å². The highest BCUT2D eigenvalue weighted by Crippen LogP contribution is 2.45. The van der Waals surface area contributed by atoms with E-state index in [0.29, 0.717) is 18.1 Å². The summed E-state index contributed by atoms with van der Waals surface area (Å²) in [6, 6.07) is 17.9. The van der Waals surface area contributed by atoms with E-state index in [0.717, 1.165) is 47.1 Å². The maximum atomic E-state index is 12.1. The van der Waals surface area contributed by atoms with Crippen LogP contribution in [0.3, 0.4) is 0 Å². The van der Waals surface area contributed by atoms with Crippen molar-refractivity contribution >= 4 is 22.8 Å². The van der Waals surface area contributed by atoms with Crippen molar-refractivity contribution in [1.29, 1.82) is 0 Å². The number of nitrogens with two attached hydrogens (primary N) is 2. The number of rotatable bonds is 7. The minimum absolute atomic E-state index is 0.314. The third-order valence-electron chi connectivity index (χ3n) is 6.15. The molecule has 0 unspecified atom stereocenters. The molecule has 4 N–H and O–H groups in total. The van der Waals surface area contributed by atoms with E-state index in [9.17, 15) is 4.79 Å². The number of amides is 1. The third-order valence-corrected chi connectivity index (χ3v) is 6.15. The summed E-state index contributed by atoms with van der Waals surface area (Å²) in [7, 11) is 0. The molecule has 2 aromatic heterocycles. The van der Waals surface area contributed by atoms with Crippen LogP contribution in [0, 0.1) is 12.0 Å². The second kappa shape index (κ2) is 8.00. The summed E-state index contributed by atoms with van der Waals surface area (Å²) in [6.45, 7) is 2.36. The molecule has 1 saturated carbocycles. The van der Waals surface area contributed by atoms with Crippen LogP contribution in [-0.2, 0) is 11.4 Å². The van der Waals surface area contributed by atoms with Crippen LogP contribution in [0.25, 0.3) is 22.2 Å². The van der Waals surface area contributed by atoms with E-state index < -0.39 is 5.41 Å². The first kappa shape index (κ1) is 20.1. The van der Waals surface area contributed by atoms with E-state index >= 15 is 0 Å². The number of hydrogen-bond donors (Lipinski definition) is 2. The van der Waals surface area contributed by atoms with Gasteiger partial charge in [-0.1, -0.05) is 48.9 Å². The predicted molar refractivity (Wildman–Crippen MR) is 123 cm³/mol. The molecule has 2 heterocycles. The molecule has 2 aromatic carbocycles. The Morgan fingerprint density at radius 2 is 1.94 bits per heavy atom. The lowest BCUT2D eigenvalue weighted by Crippen LogP contribution is -2.44. The lowest BCUT2D eigenvalue weighted by molar-refractivity contribution is -0.130. The molecule has 5 rings (SSSR count). The largest absolute Gasteiger partial charge is 0.489 e. The van der Waals surface area contributed by atoms with E-state index in [1.54, 1.807) is 0 Å². The number of carbonyl (C=O) groups is 1. The fourth-order valence-corrected chi connectivity index (χ4v) is 4.18. The topological polar surface area (TPSA) is 109 Å². The summed E-state index contributed by atoms with van der Waals surface area (Å²) in [5.74, 6) is 0.819. The molecule has 32 heavy (non-hydrogen) atoms. The molecule has 7 heteroatoms. The first-order valence-corrected chi connectivity index (χ1v) is 10.6. The molecular weight excluding hydrogens is 402 g/mol. The van der Waals surface area contributed by atoms with Gasteiger partial charge in [0.1, 0.15) is 30.1 Å². The summed E-state index contributed by atoms with van der Waals surface area (Å²) >= 11 is 0. The van der Waals surface area contributed by atoms with Gasteiger partial charge >= 0.3 is 0 Å². The Morgan fingerprint density at radius 3 is 2.66 bits per heavy atom. The molecule has 0 atom stereocenters. The quantitative estimate of drug-likeness (QED) is 0.465. The number of nitrogens with zero attached hydrogens (tertiary/aromatic N) is 3. The Labute approximate surface area is 186 Å². The summed E-state index contributed by atoms with van der Waals surface area (Å²) in [4.78, 5) is 20.8. The average molecular weight is 427 g/mol. The number of benzene rings is 2. The Balaban J connectivity index is 1.51. The van der Waals surface area contributed by atoms with Gasteiger partial charge in [-0.3, -0.25) is 4.79 Å². The van der Waals surface area contributed by atoms with Gasteiger partial charge in [-0.25, -0.2) is 9.97 Å². The molecule has 161 valence electrons. The minimum atomic E-state index is -0.649. The maximum Gasteiger partial charge on any atom is 0.225 e. The Morgan fingerprint density at radius 1 is 1.12 bits per heavy atom. The monoisotopic (exact) mass is 426 g/mol. The zero-order valence-corrected chi connectivity index (χ0v) is 17.6. The van der Waals surface area contributed by atoms with Crippen molar-refractivity contribution in [3.63, 3.8) is 0 Å². The Bertz CT molecular complexity index is 1280. The molecule has 1 fully saturated rings. The molecule has 7 nitrogen and oxygen atoms in total. The van der Waals surface area contributed by atoms with Gasteiger partial charge in [0.25, 0.3) is 0 Å². The fourth-order valence-electron chi connectivity index (χ4n) is 4.18. The van der Waals surface area contributed by atoms with E-state index in [1.165, 1.54) is 6.33 Å². The molecular formula is C25H24N5O2. The van der Waals surface area contributed by atoms with Crippen LogP contribution in [0.5, 0.6) is 5.75 Å². The van der Waals surface area contributed by atoms with Gasteiger partial charge in [-0.2, -0.15) is 0 Å². The predicted octanol–water partition coefficient (Wildman–Crippen LogP) is 3.92. The van der Waals surface area contributed by atoms with Crippen molar-refractivity contribution in [2.24, 2.45) is 11.1 Å². The normalized spacial score (nSPS) is 14.8. The number of carbonyl (C=O) groups excluding carboxylic acids is 1. The molecule has 1 radical (unpaired) electrons. The number of fused-ring (bicyclic) bond motifs is 1. The molecule has 1 aliphatic carbocycles. The number of anilines is 1. The van der Waals surface area contributed by atoms with Gasteiger partial charge < -0.3 is 20.8 Å². The zero-order chi connectivity index (χ0) is 22.1. The van der Waals surface area contributed by atoms with Crippen LogP contribution < -0.4 is 16.2 Å². The average Bonchev–Trinajstić information content (AvgIpc) is 3.15. The van der Waals surface area contributed by atoms with Crippen molar-refractivity contribution in [1.82, 2.24) is 14.5 Å². The molecule has 0 aliphatic heterocycles. The van der Waals surface area contributed by atoms with Gasteiger partial charge in [0.05, 0.1) is 17.3 Å². The second-order valence-corrected chi connectivity index (χ2v) is 8.21. The van der Waals surface area contributed by atoms with E-state index in [-0.39, 0.29) is 5.91 Å². The summed E-state index contributed by atoms with van der Waals surface area (Å²) in [5, 5.41) is 0.739. The highest BCUT2D eigenvalue weighted by atomic mass is 16.5. The fraction of sp³-hybridized carbons (Fsp3) is 0.200. The van der Waals surface area contributed by atoms with E-state index in [4.69, 9.17) is 16.2 Å². The SMILES string of the molecule is NC(=O)C1([CH]n2cc(-c3cccc(OCc4ccccc4)c3)c3c(N)ncnc32)CCC1. The number of aromatic nitrogens is 3. The Kier molecular flexibility index (Phi) is 5.01. The first-order chi connectivity index (χ1) is 15.6. The van der Waals surface area contributed by atoms with Gasteiger partial charge in [0.2, 0.25) is 5.91 Å². The Hall–Kier alpha value is -3.87. The highest BCUT2D eigenvalue weighted by Gasteiger charge is 2.43. The summed E-state index contributed by atoms with van der Waals surface area (Å²) in [5.41, 5.74) is 14.9. The molecule has 1 amide bonds. The van der Waals surface area contributed by atoms with Crippen LogP contribution in [0.2, 0.25) is 0 Å². The van der Waals surface area contributed by atoms with Crippen molar-refractivity contribution in [2.75, 3.05) is 5.73 Å². The number of ether oxygens (including phenoxy) is 1. The summed E-state index contributed by atoms with van der Waals surface area (Å²) < 4.78 is 7.87. The van der Waals surface area contributed by atoms with Crippen LogP contribution in [0.15, 0.2) is 67.1 Å². The molecule has 0 bridgehead atoms. The summed E-state index contributed by atoms with van der Waals surface area (Å²) in [6.07, 6.45) is 5.82. The molecule has 4 aromatic rings. The first-order valence-electron chi connectivity index (χ1n) is 10.6. The third kappa shape index (κ3) is 3.56. The van der Waals surface area contributed by atoms with E-state index in [1.807, 2.05) is 71.9 Å². The highest BCUT2D eigenvalue weighted by molar-refractivity contribution is 6.01. The van der Waals surface area contributed by atoms with Gasteiger partial charge in [-0.05, 0) is 36.1 Å². The lowest BCUT2D eigenvalue weighted by Gasteiger charge is -2.38. The van der Waals surface area contributed by atoms with Crippen LogP contribution >= 0.6 is 0 Å². The van der Waals surface area contributed by atoms with Crippen molar-refractivity contribution in [3.05, 3.63) is 79.2 Å². The van der Waals surface area contributed by atoms with Gasteiger partial charge in [-0.15, -0.1) is 0 Å². The van der Waals surface area contributed by atoms with Gasteiger partial charge in [0.15, 0.2) is 0 Å². The minimum Gasteiger partial charge on any atom is -0.489 e. The van der Waals surface area contributed by atoms with Crippen LogP contribution in [0.1, 0.15) is 24.8 Å². The van der Waals surface area contributed by atoms with Crippen LogP contribution in [0.4, 0.5) is 5.82 Å². The van der Waals surface area contributed by atoms with Crippen molar-refractivity contribution < 1.29 is 9.53 Å². The smallest absolute Gasteiger partial charge is 0.225 e.